The molecule has 120 valence electrons. The van der Waals surface area contributed by atoms with Crippen LogP contribution in [0.3, 0.4) is 0 Å². The number of amides is 2. The molecular formula is C18H20N2O2S. The summed E-state index contributed by atoms with van der Waals surface area (Å²) in [5.74, 6) is 0.0667. The molecular weight excluding hydrogens is 308 g/mol. The van der Waals surface area contributed by atoms with Crippen LogP contribution in [-0.2, 0) is 28.0 Å². The fourth-order valence-corrected chi connectivity index (χ4v) is 3.42. The highest BCUT2D eigenvalue weighted by molar-refractivity contribution is 7.09. The van der Waals surface area contributed by atoms with E-state index >= 15 is 0 Å². The summed E-state index contributed by atoms with van der Waals surface area (Å²) in [4.78, 5) is 25.1. The second-order valence-corrected chi connectivity index (χ2v) is 7.35. The monoisotopic (exact) mass is 328 g/mol. The molecule has 2 N–H and O–H groups in total. The molecule has 2 heterocycles. The Balaban J connectivity index is 1.58. The first kappa shape index (κ1) is 15.7. The normalized spacial score (nSPS) is 15.1. The lowest BCUT2D eigenvalue weighted by atomic mass is 9.85. The molecule has 0 fully saturated rings. The molecule has 0 saturated carbocycles. The maximum Gasteiger partial charge on any atom is 0.234 e. The van der Waals surface area contributed by atoms with Gasteiger partial charge >= 0.3 is 0 Å². The molecule has 0 atom stereocenters. The Morgan fingerprint density at radius 3 is 2.87 bits per heavy atom. The van der Waals surface area contributed by atoms with Gasteiger partial charge in [-0.05, 0) is 48.9 Å². The van der Waals surface area contributed by atoms with Crippen LogP contribution in [0.5, 0.6) is 0 Å². The molecule has 2 amide bonds. The number of hydrogen-bond donors (Lipinski definition) is 2. The number of thiophene rings is 1. The van der Waals surface area contributed by atoms with Gasteiger partial charge in [0.15, 0.2) is 0 Å². The molecule has 4 nitrogen and oxygen atoms in total. The molecule has 0 unspecified atom stereocenters. The maximum atomic E-state index is 12.0. The summed E-state index contributed by atoms with van der Waals surface area (Å²) < 4.78 is 0. The number of rotatable bonds is 5. The first-order valence-corrected chi connectivity index (χ1v) is 8.59. The molecule has 1 aromatic heterocycles. The van der Waals surface area contributed by atoms with E-state index in [0.717, 1.165) is 23.2 Å². The predicted molar refractivity (Wildman–Crippen MR) is 92.6 cm³/mol. The quantitative estimate of drug-likeness (QED) is 0.885. The summed E-state index contributed by atoms with van der Waals surface area (Å²) in [6.45, 7) is 4.32. The van der Waals surface area contributed by atoms with Crippen molar-refractivity contribution in [2.24, 2.45) is 0 Å². The highest BCUT2D eigenvalue weighted by Crippen LogP contribution is 2.37. The topological polar surface area (TPSA) is 58.2 Å². The van der Waals surface area contributed by atoms with Gasteiger partial charge in [0, 0.05) is 23.5 Å². The van der Waals surface area contributed by atoms with Crippen molar-refractivity contribution < 1.29 is 9.59 Å². The summed E-state index contributed by atoms with van der Waals surface area (Å²) in [5, 5.41) is 7.86. The second-order valence-electron chi connectivity index (χ2n) is 6.32. The Kier molecular flexibility index (Phi) is 4.22. The van der Waals surface area contributed by atoms with Crippen LogP contribution >= 0.6 is 11.3 Å². The summed E-state index contributed by atoms with van der Waals surface area (Å²) in [6.07, 6.45) is 1.27. The van der Waals surface area contributed by atoms with Crippen LogP contribution in [0.2, 0.25) is 0 Å². The third-order valence-corrected chi connectivity index (χ3v) is 5.18. The molecule has 5 heteroatoms. The molecule has 2 aromatic rings. The van der Waals surface area contributed by atoms with Crippen molar-refractivity contribution in [3.63, 3.8) is 0 Å². The molecule has 0 saturated heterocycles. The molecule has 0 aliphatic carbocycles. The third-order valence-electron chi connectivity index (χ3n) is 4.24. The zero-order valence-electron chi connectivity index (χ0n) is 13.3. The van der Waals surface area contributed by atoms with E-state index in [2.05, 4.69) is 10.6 Å². The number of hydrogen-bond acceptors (Lipinski definition) is 3. The van der Waals surface area contributed by atoms with Gasteiger partial charge in [-0.3, -0.25) is 9.59 Å². The van der Waals surface area contributed by atoms with Gasteiger partial charge in [0.2, 0.25) is 11.8 Å². The van der Waals surface area contributed by atoms with Crippen LogP contribution in [0, 0.1) is 0 Å². The lowest BCUT2D eigenvalue weighted by Gasteiger charge is -2.16. The van der Waals surface area contributed by atoms with Gasteiger partial charge in [-0.15, -0.1) is 11.3 Å². The van der Waals surface area contributed by atoms with Gasteiger partial charge in [-0.25, -0.2) is 0 Å². The Bertz CT molecular complexity index is 735. The van der Waals surface area contributed by atoms with Gasteiger partial charge in [-0.2, -0.15) is 0 Å². The van der Waals surface area contributed by atoms with E-state index < -0.39 is 5.41 Å². The van der Waals surface area contributed by atoms with E-state index in [0.29, 0.717) is 13.0 Å². The summed E-state index contributed by atoms with van der Waals surface area (Å²) in [5.41, 5.74) is 2.35. The Labute approximate surface area is 139 Å². The fourth-order valence-electron chi connectivity index (χ4n) is 2.71. The highest BCUT2D eigenvalue weighted by atomic mass is 32.1. The molecule has 23 heavy (non-hydrogen) atoms. The van der Waals surface area contributed by atoms with Gasteiger partial charge in [0.25, 0.3) is 0 Å². The van der Waals surface area contributed by atoms with Crippen molar-refractivity contribution in [1.82, 2.24) is 5.32 Å². The predicted octanol–water partition coefficient (Wildman–Crippen LogP) is 3.23. The molecule has 1 aliphatic rings. The van der Waals surface area contributed by atoms with E-state index in [9.17, 15) is 9.59 Å². The minimum absolute atomic E-state index is 0.0182. The van der Waals surface area contributed by atoms with E-state index in [1.165, 1.54) is 4.88 Å². The van der Waals surface area contributed by atoms with Gasteiger partial charge in [0.1, 0.15) is 0 Å². The second kappa shape index (κ2) is 6.16. The Hall–Kier alpha value is -2.14. The molecule has 3 rings (SSSR count). The minimum Gasteiger partial charge on any atom is -0.352 e. The average molecular weight is 328 g/mol. The highest BCUT2D eigenvalue weighted by Gasteiger charge is 2.38. The van der Waals surface area contributed by atoms with E-state index in [1.54, 1.807) is 11.3 Å². The van der Waals surface area contributed by atoms with Crippen LogP contribution in [-0.4, -0.2) is 11.8 Å². The van der Waals surface area contributed by atoms with Crippen LogP contribution in [0.15, 0.2) is 35.7 Å². The maximum absolute atomic E-state index is 12.0. The first-order chi connectivity index (χ1) is 11.0. The number of anilines is 1. The van der Waals surface area contributed by atoms with Crippen molar-refractivity contribution in [2.45, 2.75) is 38.6 Å². The molecule has 1 aromatic carbocycles. The zero-order valence-corrected chi connectivity index (χ0v) is 14.1. The van der Waals surface area contributed by atoms with Gasteiger partial charge < -0.3 is 10.6 Å². The lowest BCUT2D eigenvalue weighted by molar-refractivity contribution is -0.121. The third kappa shape index (κ3) is 3.29. The number of nitrogens with one attached hydrogen (secondary N) is 2. The van der Waals surface area contributed by atoms with Gasteiger partial charge in [-0.1, -0.05) is 18.2 Å². The van der Waals surface area contributed by atoms with Crippen molar-refractivity contribution in [3.8, 4) is 0 Å². The van der Waals surface area contributed by atoms with Crippen molar-refractivity contribution in [2.75, 3.05) is 5.32 Å². The SMILES string of the molecule is CC1(C)C(=O)Nc2ccc(CNC(=O)CCc3cccs3)cc21. The molecule has 1 aliphatic heterocycles. The van der Waals surface area contributed by atoms with E-state index in [-0.39, 0.29) is 11.8 Å². The zero-order chi connectivity index (χ0) is 16.4. The lowest BCUT2D eigenvalue weighted by Crippen LogP contribution is -2.27. The summed E-state index contributed by atoms with van der Waals surface area (Å²) in [6, 6.07) is 9.91. The molecule has 0 spiro atoms. The first-order valence-electron chi connectivity index (χ1n) is 7.71. The Morgan fingerprint density at radius 2 is 2.13 bits per heavy atom. The number of fused-ring (bicyclic) bond motifs is 1. The largest absolute Gasteiger partial charge is 0.352 e. The van der Waals surface area contributed by atoms with Crippen LogP contribution < -0.4 is 10.6 Å². The minimum atomic E-state index is -0.519. The van der Waals surface area contributed by atoms with Crippen LogP contribution in [0.4, 0.5) is 5.69 Å². The standard InChI is InChI=1S/C18H20N2O2S/c1-18(2)14-10-12(5-7-15(14)20-17(18)22)11-19-16(21)8-6-13-4-3-9-23-13/h3-5,7,9-10H,6,8,11H2,1-2H3,(H,19,21)(H,20,22). The van der Waals surface area contributed by atoms with E-state index in [4.69, 9.17) is 0 Å². The van der Waals surface area contributed by atoms with Crippen LogP contribution in [0.25, 0.3) is 0 Å². The van der Waals surface area contributed by atoms with Gasteiger partial charge in [0.05, 0.1) is 5.41 Å². The molecule has 0 radical (unpaired) electrons. The van der Waals surface area contributed by atoms with Crippen molar-refractivity contribution in [3.05, 3.63) is 51.7 Å². The Morgan fingerprint density at radius 1 is 1.30 bits per heavy atom. The summed E-state index contributed by atoms with van der Waals surface area (Å²) >= 11 is 1.67. The number of carbonyl (C=O) groups is 2. The number of aryl methyl sites for hydroxylation is 1. The molecule has 0 bridgehead atoms. The summed E-state index contributed by atoms with van der Waals surface area (Å²) in [7, 11) is 0. The smallest absolute Gasteiger partial charge is 0.234 e. The van der Waals surface area contributed by atoms with Crippen molar-refractivity contribution in [1.29, 1.82) is 0 Å². The van der Waals surface area contributed by atoms with E-state index in [1.807, 2.05) is 49.6 Å². The fraction of sp³-hybridized carbons (Fsp3) is 0.333. The number of benzene rings is 1. The van der Waals surface area contributed by atoms with Crippen LogP contribution in [0.1, 0.15) is 36.3 Å². The average Bonchev–Trinajstić information content (AvgIpc) is 3.11. The number of carbonyl (C=O) groups excluding carboxylic acids is 2. The van der Waals surface area contributed by atoms with Crippen molar-refractivity contribution >= 4 is 28.8 Å².